The topological polar surface area (TPSA) is 63.1 Å². The van der Waals surface area contributed by atoms with Gasteiger partial charge in [0.1, 0.15) is 16.4 Å². The summed E-state index contributed by atoms with van der Waals surface area (Å²) >= 11 is 1.56. The maximum absolute atomic E-state index is 11.3. The number of aromatic nitrogens is 2. The quantitative estimate of drug-likeness (QED) is 0.633. The Morgan fingerprint density at radius 3 is 2.72 bits per heavy atom. The van der Waals surface area contributed by atoms with E-state index in [-0.39, 0.29) is 5.56 Å². The van der Waals surface area contributed by atoms with Crippen LogP contribution < -0.4 is 0 Å². The van der Waals surface area contributed by atoms with Gasteiger partial charge in [0, 0.05) is 6.42 Å². The maximum Gasteiger partial charge on any atom is 0.340 e. The molecule has 18 heavy (non-hydrogen) atoms. The van der Waals surface area contributed by atoms with Gasteiger partial charge in [-0.2, -0.15) is 0 Å². The summed E-state index contributed by atoms with van der Waals surface area (Å²) in [4.78, 5) is 19.8. The molecule has 1 aliphatic rings. The first-order chi connectivity index (χ1) is 8.61. The van der Waals surface area contributed by atoms with Gasteiger partial charge in [-0.05, 0) is 25.0 Å². The second-order valence-electron chi connectivity index (χ2n) is 4.64. The molecule has 0 saturated heterocycles. The fourth-order valence-corrected chi connectivity index (χ4v) is 3.03. The first-order valence-corrected chi connectivity index (χ1v) is 7.34. The van der Waals surface area contributed by atoms with E-state index in [0.717, 1.165) is 30.3 Å². The van der Waals surface area contributed by atoms with Crippen LogP contribution in [0.5, 0.6) is 0 Å². The summed E-state index contributed by atoms with van der Waals surface area (Å²) in [6.45, 7) is 3.73. The van der Waals surface area contributed by atoms with E-state index in [2.05, 4.69) is 9.97 Å². The van der Waals surface area contributed by atoms with Crippen LogP contribution in [0, 0.1) is 12.8 Å². The van der Waals surface area contributed by atoms with Crippen LogP contribution in [0.1, 0.15) is 48.1 Å². The van der Waals surface area contributed by atoms with Crippen LogP contribution in [0.3, 0.4) is 0 Å². The molecule has 1 aromatic heterocycles. The SMILES string of the molecule is CCc1nc(C)c(C(=O)O)c(SCCC2CC2)n1. The van der Waals surface area contributed by atoms with E-state index in [0.29, 0.717) is 10.7 Å². The number of carboxylic acids is 1. The van der Waals surface area contributed by atoms with Crippen molar-refractivity contribution in [2.24, 2.45) is 5.92 Å². The van der Waals surface area contributed by atoms with Crippen molar-refractivity contribution in [1.29, 1.82) is 0 Å². The zero-order valence-corrected chi connectivity index (χ0v) is 11.6. The van der Waals surface area contributed by atoms with E-state index in [4.69, 9.17) is 0 Å². The molecule has 0 amide bonds. The Hall–Kier alpha value is -1.10. The Labute approximate surface area is 111 Å². The number of carboxylic acid groups (broad SMARTS) is 1. The molecule has 2 rings (SSSR count). The van der Waals surface area contributed by atoms with Gasteiger partial charge in [0.15, 0.2) is 0 Å². The van der Waals surface area contributed by atoms with Crippen LogP contribution in [-0.2, 0) is 6.42 Å². The zero-order valence-electron chi connectivity index (χ0n) is 10.8. The van der Waals surface area contributed by atoms with Crippen molar-refractivity contribution in [3.8, 4) is 0 Å². The summed E-state index contributed by atoms with van der Waals surface area (Å²) in [5.41, 5.74) is 0.844. The third-order valence-corrected chi connectivity index (χ3v) is 4.10. The number of nitrogens with zero attached hydrogens (tertiary/aromatic N) is 2. The Bertz CT molecular complexity index is 459. The van der Waals surface area contributed by atoms with Gasteiger partial charge in [-0.3, -0.25) is 0 Å². The van der Waals surface area contributed by atoms with Crippen molar-refractivity contribution < 1.29 is 9.90 Å². The Kier molecular flexibility index (Phi) is 4.22. The molecule has 5 heteroatoms. The number of thioether (sulfide) groups is 1. The number of rotatable bonds is 6. The highest BCUT2D eigenvalue weighted by atomic mass is 32.2. The first kappa shape index (κ1) is 13.3. The Morgan fingerprint density at radius 2 is 2.17 bits per heavy atom. The fourth-order valence-electron chi connectivity index (χ4n) is 1.84. The lowest BCUT2D eigenvalue weighted by molar-refractivity contribution is 0.0690. The summed E-state index contributed by atoms with van der Waals surface area (Å²) < 4.78 is 0. The highest BCUT2D eigenvalue weighted by molar-refractivity contribution is 7.99. The highest BCUT2D eigenvalue weighted by Gasteiger charge is 2.22. The molecule has 1 aliphatic carbocycles. The zero-order chi connectivity index (χ0) is 13.1. The first-order valence-electron chi connectivity index (χ1n) is 6.35. The second-order valence-corrected chi connectivity index (χ2v) is 5.73. The molecule has 1 fully saturated rings. The van der Waals surface area contributed by atoms with Gasteiger partial charge >= 0.3 is 5.97 Å². The molecule has 4 nitrogen and oxygen atoms in total. The minimum absolute atomic E-state index is 0.271. The fraction of sp³-hybridized carbons (Fsp3) is 0.615. The van der Waals surface area contributed by atoms with Crippen LogP contribution in [0.2, 0.25) is 0 Å². The summed E-state index contributed by atoms with van der Waals surface area (Å²) in [5, 5.41) is 9.87. The molecule has 0 aliphatic heterocycles. The number of hydrogen-bond acceptors (Lipinski definition) is 4. The summed E-state index contributed by atoms with van der Waals surface area (Å²) in [5.74, 6) is 1.61. The minimum Gasteiger partial charge on any atom is -0.478 e. The van der Waals surface area contributed by atoms with Crippen molar-refractivity contribution in [2.75, 3.05) is 5.75 Å². The average Bonchev–Trinajstić information content (AvgIpc) is 3.11. The van der Waals surface area contributed by atoms with Gasteiger partial charge in [-0.15, -0.1) is 11.8 Å². The average molecular weight is 266 g/mol. The third kappa shape index (κ3) is 3.22. The van der Waals surface area contributed by atoms with Crippen molar-refractivity contribution in [2.45, 2.75) is 44.6 Å². The molecule has 0 spiro atoms. The van der Waals surface area contributed by atoms with Crippen molar-refractivity contribution >= 4 is 17.7 Å². The molecule has 0 unspecified atom stereocenters. The monoisotopic (exact) mass is 266 g/mol. The van der Waals surface area contributed by atoms with E-state index >= 15 is 0 Å². The van der Waals surface area contributed by atoms with Gasteiger partial charge in [0.25, 0.3) is 0 Å². The van der Waals surface area contributed by atoms with Crippen molar-refractivity contribution in [1.82, 2.24) is 9.97 Å². The van der Waals surface area contributed by atoms with Crippen molar-refractivity contribution in [3.63, 3.8) is 0 Å². The summed E-state index contributed by atoms with van der Waals surface area (Å²) in [6, 6.07) is 0. The van der Waals surface area contributed by atoms with Gasteiger partial charge in [-0.25, -0.2) is 14.8 Å². The molecular weight excluding hydrogens is 248 g/mol. The second kappa shape index (κ2) is 5.69. The van der Waals surface area contributed by atoms with Gasteiger partial charge in [0.2, 0.25) is 0 Å². The van der Waals surface area contributed by atoms with E-state index in [1.807, 2.05) is 6.92 Å². The molecular formula is C13H18N2O2S. The van der Waals surface area contributed by atoms with Gasteiger partial charge in [0.05, 0.1) is 5.69 Å². The van der Waals surface area contributed by atoms with Crippen LogP contribution in [0.25, 0.3) is 0 Å². The Morgan fingerprint density at radius 1 is 1.44 bits per heavy atom. The lowest BCUT2D eigenvalue weighted by Crippen LogP contribution is -2.09. The number of aryl methyl sites for hydroxylation is 2. The third-order valence-electron chi connectivity index (χ3n) is 3.09. The van der Waals surface area contributed by atoms with Gasteiger partial charge < -0.3 is 5.11 Å². The lowest BCUT2D eigenvalue weighted by Gasteiger charge is -2.09. The molecule has 1 aromatic rings. The van der Waals surface area contributed by atoms with E-state index in [1.54, 1.807) is 18.7 Å². The van der Waals surface area contributed by atoms with Crippen LogP contribution in [0.4, 0.5) is 0 Å². The predicted molar refractivity (Wildman–Crippen MR) is 71.2 cm³/mol. The van der Waals surface area contributed by atoms with Crippen LogP contribution >= 0.6 is 11.8 Å². The number of aromatic carboxylic acids is 1. The normalized spacial score (nSPS) is 14.8. The molecule has 0 aromatic carbocycles. The van der Waals surface area contributed by atoms with E-state index in [1.165, 1.54) is 12.8 Å². The lowest BCUT2D eigenvalue weighted by atomic mass is 10.2. The molecule has 1 N–H and O–H groups in total. The molecule has 0 atom stereocenters. The molecule has 1 saturated carbocycles. The summed E-state index contributed by atoms with van der Waals surface area (Å²) in [6.07, 6.45) is 4.55. The van der Waals surface area contributed by atoms with E-state index in [9.17, 15) is 9.90 Å². The molecule has 0 bridgehead atoms. The predicted octanol–water partition coefficient (Wildman–Crippen LogP) is 2.94. The van der Waals surface area contributed by atoms with Gasteiger partial charge in [-0.1, -0.05) is 19.8 Å². The summed E-state index contributed by atoms with van der Waals surface area (Å²) in [7, 11) is 0. The minimum atomic E-state index is -0.927. The molecule has 1 heterocycles. The highest BCUT2D eigenvalue weighted by Crippen LogP contribution is 2.35. The largest absolute Gasteiger partial charge is 0.478 e. The smallest absolute Gasteiger partial charge is 0.340 e. The van der Waals surface area contributed by atoms with Crippen molar-refractivity contribution in [3.05, 3.63) is 17.1 Å². The number of hydrogen-bond donors (Lipinski definition) is 1. The molecule has 0 radical (unpaired) electrons. The van der Waals surface area contributed by atoms with E-state index < -0.39 is 5.97 Å². The number of carbonyl (C=O) groups is 1. The molecule has 98 valence electrons. The van der Waals surface area contributed by atoms with Crippen LogP contribution in [0.15, 0.2) is 5.03 Å². The maximum atomic E-state index is 11.3. The standard InChI is InChI=1S/C13H18N2O2S/c1-3-10-14-8(2)11(13(16)17)12(15-10)18-7-6-9-4-5-9/h9H,3-7H2,1-2H3,(H,16,17). The van der Waals surface area contributed by atoms with Crippen LogP contribution in [-0.4, -0.2) is 26.8 Å². The Balaban J connectivity index is 2.17.